The lowest BCUT2D eigenvalue weighted by molar-refractivity contribution is -0.142. The Kier molecular flexibility index (Phi) is 6.85. The average molecular weight is 312 g/mol. The first-order valence-corrected chi connectivity index (χ1v) is 8.22. The van der Waals surface area contributed by atoms with Crippen molar-refractivity contribution < 1.29 is 14.3 Å². The number of ether oxygens (including phenoxy) is 1. The molecule has 1 amide bonds. The van der Waals surface area contributed by atoms with Gasteiger partial charge in [-0.2, -0.15) is 0 Å². The second-order valence-corrected chi connectivity index (χ2v) is 7.91. The van der Waals surface area contributed by atoms with Crippen LogP contribution in [-0.4, -0.2) is 49.6 Å². The van der Waals surface area contributed by atoms with Gasteiger partial charge in [0.25, 0.3) is 0 Å². The summed E-state index contributed by atoms with van der Waals surface area (Å²) in [4.78, 5) is 26.2. The van der Waals surface area contributed by atoms with Crippen LogP contribution in [0.3, 0.4) is 0 Å². The maximum atomic E-state index is 12.2. The van der Waals surface area contributed by atoms with Crippen LogP contribution in [0.4, 0.5) is 0 Å². The van der Waals surface area contributed by atoms with Crippen molar-refractivity contribution in [3.05, 3.63) is 0 Å². The van der Waals surface area contributed by atoms with Gasteiger partial charge in [0.15, 0.2) is 0 Å². The summed E-state index contributed by atoms with van der Waals surface area (Å²) in [5.41, 5.74) is -0.391. The molecule has 2 atom stereocenters. The molecule has 0 aromatic rings. The van der Waals surface area contributed by atoms with E-state index in [4.69, 9.17) is 4.74 Å². The van der Waals surface area contributed by atoms with E-state index in [0.29, 0.717) is 12.3 Å². The molecule has 5 heteroatoms. The molecule has 0 saturated carbocycles. The number of piperidine rings is 1. The Morgan fingerprint density at radius 3 is 2.41 bits per heavy atom. The van der Waals surface area contributed by atoms with Crippen LogP contribution in [0, 0.1) is 17.3 Å². The molecule has 22 heavy (non-hydrogen) atoms. The highest BCUT2D eigenvalue weighted by Crippen LogP contribution is 2.23. The SMILES string of the molecule is COC(=O)CC1CC(NC(=O)C(C)(C)C)CN(CC(C)C)C1. The number of amides is 1. The number of carbonyl (C=O) groups excluding carboxylic acids is 2. The van der Waals surface area contributed by atoms with Crippen molar-refractivity contribution in [2.45, 2.75) is 53.5 Å². The first-order chi connectivity index (χ1) is 10.1. The van der Waals surface area contributed by atoms with E-state index in [2.05, 4.69) is 24.1 Å². The number of carbonyl (C=O) groups is 2. The fourth-order valence-corrected chi connectivity index (χ4v) is 2.94. The van der Waals surface area contributed by atoms with E-state index in [1.807, 2.05) is 20.8 Å². The summed E-state index contributed by atoms with van der Waals surface area (Å²) in [6.45, 7) is 12.9. The molecule has 1 aliphatic rings. The lowest BCUT2D eigenvalue weighted by Gasteiger charge is -2.39. The number of hydrogen-bond donors (Lipinski definition) is 1. The summed E-state index contributed by atoms with van der Waals surface area (Å²) in [5.74, 6) is 0.707. The Morgan fingerprint density at radius 1 is 1.27 bits per heavy atom. The Morgan fingerprint density at radius 2 is 1.91 bits per heavy atom. The zero-order valence-electron chi connectivity index (χ0n) is 14.9. The molecule has 1 rings (SSSR count). The number of rotatable bonds is 5. The van der Waals surface area contributed by atoms with Gasteiger partial charge >= 0.3 is 5.97 Å². The quantitative estimate of drug-likeness (QED) is 0.790. The van der Waals surface area contributed by atoms with Crippen LogP contribution in [0.1, 0.15) is 47.5 Å². The third-order valence-corrected chi connectivity index (χ3v) is 3.94. The zero-order chi connectivity index (χ0) is 16.9. The van der Waals surface area contributed by atoms with Crippen LogP contribution in [-0.2, 0) is 14.3 Å². The Balaban J connectivity index is 2.70. The maximum absolute atomic E-state index is 12.2. The highest BCUT2D eigenvalue weighted by molar-refractivity contribution is 5.81. The number of methoxy groups -OCH3 is 1. The number of likely N-dealkylation sites (tertiary alicyclic amines) is 1. The monoisotopic (exact) mass is 312 g/mol. The Bertz CT molecular complexity index is 388. The third kappa shape index (κ3) is 6.34. The third-order valence-electron chi connectivity index (χ3n) is 3.94. The van der Waals surface area contributed by atoms with Gasteiger partial charge in [-0.25, -0.2) is 0 Å². The summed E-state index contributed by atoms with van der Waals surface area (Å²) in [5, 5.41) is 3.15. The highest BCUT2D eigenvalue weighted by atomic mass is 16.5. The Labute approximate surface area is 134 Å². The smallest absolute Gasteiger partial charge is 0.305 e. The predicted octanol–water partition coefficient (Wildman–Crippen LogP) is 2.06. The van der Waals surface area contributed by atoms with E-state index in [1.165, 1.54) is 7.11 Å². The van der Waals surface area contributed by atoms with Crippen molar-refractivity contribution >= 4 is 11.9 Å². The molecular formula is C17H32N2O3. The largest absolute Gasteiger partial charge is 0.469 e. The van der Waals surface area contributed by atoms with Gasteiger partial charge in [0.1, 0.15) is 0 Å². The van der Waals surface area contributed by atoms with Crippen LogP contribution in [0.15, 0.2) is 0 Å². The summed E-state index contributed by atoms with van der Waals surface area (Å²) < 4.78 is 4.80. The van der Waals surface area contributed by atoms with E-state index < -0.39 is 5.41 Å². The van der Waals surface area contributed by atoms with Gasteiger partial charge < -0.3 is 15.0 Å². The molecule has 0 aromatic carbocycles. The first kappa shape index (κ1) is 18.9. The summed E-state index contributed by atoms with van der Waals surface area (Å²) >= 11 is 0. The van der Waals surface area contributed by atoms with Gasteiger partial charge in [0.05, 0.1) is 7.11 Å². The molecule has 5 nitrogen and oxygen atoms in total. The maximum Gasteiger partial charge on any atom is 0.305 e. The predicted molar refractivity (Wildman–Crippen MR) is 87.4 cm³/mol. The summed E-state index contributed by atoms with van der Waals surface area (Å²) in [6, 6.07) is 0.105. The summed E-state index contributed by atoms with van der Waals surface area (Å²) in [6.07, 6.45) is 1.26. The van der Waals surface area contributed by atoms with Gasteiger partial charge in [-0.1, -0.05) is 34.6 Å². The zero-order valence-corrected chi connectivity index (χ0v) is 14.9. The molecule has 1 saturated heterocycles. The number of hydrogen-bond acceptors (Lipinski definition) is 4. The van der Waals surface area contributed by atoms with Crippen molar-refractivity contribution in [2.24, 2.45) is 17.3 Å². The topological polar surface area (TPSA) is 58.6 Å². The molecule has 1 fully saturated rings. The summed E-state index contributed by atoms with van der Waals surface area (Å²) in [7, 11) is 1.43. The van der Waals surface area contributed by atoms with Crippen LogP contribution in [0.25, 0.3) is 0 Å². The molecule has 1 aliphatic heterocycles. The molecule has 128 valence electrons. The molecule has 0 aromatic heterocycles. The van der Waals surface area contributed by atoms with Crippen LogP contribution >= 0.6 is 0 Å². The molecule has 0 radical (unpaired) electrons. The van der Waals surface area contributed by atoms with Crippen molar-refractivity contribution in [2.75, 3.05) is 26.7 Å². The average Bonchev–Trinajstić information content (AvgIpc) is 2.36. The normalized spacial score (nSPS) is 23.4. The van der Waals surface area contributed by atoms with E-state index in [1.54, 1.807) is 0 Å². The highest BCUT2D eigenvalue weighted by Gasteiger charge is 2.32. The molecule has 0 bridgehead atoms. The molecule has 2 unspecified atom stereocenters. The first-order valence-electron chi connectivity index (χ1n) is 8.22. The van der Waals surface area contributed by atoms with Gasteiger partial charge in [-0.05, 0) is 18.3 Å². The van der Waals surface area contributed by atoms with Crippen LogP contribution in [0.2, 0.25) is 0 Å². The van der Waals surface area contributed by atoms with Crippen LogP contribution in [0.5, 0.6) is 0 Å². The molecule has 0 aliphatic carbocycles. The van der Waals surface area contributed by atoms with Gasteiger partial charge in [-0.3, -0.25) is 9.59 Å². The van der Waals surface area contributed by atoms with E-state index >= 15 is 0 Å². The van der Waals surface area contributed by atoms with Crippen molar-refractivity contribution in [3.8, 4) is 0 Å². The fraction of sp³-hybridized carbons (Fsp3) is 0.882. The number of esters is 1. The van der Waals surface area contributed by atoms with E-state index in [-0.39, 0.29) is 23.8 Å². The minimum atomic E-state index is -0.391. The Hall–Kier alpha value is -1.10. The second kappa shape index (κ2) is 7.95. The molecule has 1 heterocycles. The van der Waals surface area contributed by atoms with Crippen molar-refractivity contribution in [1.82, 2.24) is 10.2 Å². The fourth-order valence-electron chi connectivity index (χ4n) is 2.94. The lowest BCUT2D eigenvalue weighted by Crippen LogP contribution is -2.53. The minimum Gasteiger partial charge on any atom is -0.469 e. The van der Waals surface area contributed by atoms with Gasteiger partial charge in [0, 0.05) is 37.5 Å². The van der Waals surface area contributed by atoms with Crippen molar-refractivity contribution in [3.63, 3.8) is 0 Å². The van der Waals surface area contributed by atoms with E-state index in [0.717, 1.165) is 26.1 Å². The minimum absolute atomic E-state index is 0.0701. The lowest BCUT2D eigenvalue weighted by atomic mass is 9.89. The van der Waals surface area contributed by atoms with E-state index in [9.17, 15) is 9.59 Å². The van der Waals surface area contributed by atoms with Gasteiger partial charge in [-0.15, -0.1) is 0 Å². The number of nitrogens with one attached hydrogen (secondary N) is 1. The molecule has 0 spiro atoms. The second-order valence-electron chi connectivity index (χ2n) is 7.91. The molecular weight excluding hydrogens is 280 g/mol. The number of nitrogens with zero attached hydrogens (tertiary/aromatic N) is 1. The molecule has 1 N–H and O–H groups in total. The standard InChI is InChI=1S/C17H32N2O3/c1-12(2)9-19-10-13(8-15(20)22-6)7-14(11-19)18-16(21)17(3,4)5/h12-14H,7-11H2,1-6H3,(H,18,21). The van der Waals surface area contributed by atoms with Gasteiger partial charge in [0.2, 0.25) is 5.91 Å². The van der Waals surface area contributed by atoms with Crippen molar-refractivity contribution in [1.29, 1.82) is 0 Å². The van der Waals surface area contributed by atoms with Crippen LogP contribution < -0.4 is 5.32 Å².